The van der Waals surface area contributed by atoms with Crippen molar-refractivity contribution in [2.75, 3.05) is 6.54 Å². The van der Waals surface area contributed by atoms with Gasteiger partial charge in [0.2, 0.25) is 5.69 Å². The van der Waals surface area contributed by atoms with Crippen molar-refractivity contribution in [1.29, 1.82) is 0 Å². The van der Waals surface area contributed by atoms with Crippen LogP contribution in [-0.2, 0) is 6.54 Å². The van der Waals surface area contributed by atoms with Crippen molar-refractivity contribution in [2.24, 2.45) is 0 Å². The van der Waals surface area contributed by atoms with E-state index in [9.17, 15) is 14.9 Å². The van der Waals surface area contributed by atoms with Gasteiger partial charge in [-0.05, 0) is 13.3 Å². The normalized spacial score (nSPS) is 11.0. The third kappa shape index (κ3) is 12.5. The van der Waals surface area contributed by atoms with E-state index in [2.05, 4.69) is 17.3 Å². The van der Waals surface area contributed by atoms with Crippen LogP contribution in [0.5, 0.6) is 0 Å². The summed E-state index contributed by atoms with van der Waals surface area (Å²) in [6, 6.07) is 0. The van der Waals surface area contributed by atoms with E-state index in [1.165, 1.54) is 101 Å². The lowest BCUT2D eigenvalue weighted by molar-refractivity contribution is -0.385. The number of carbonyl (C=O) groups is 1. The molecule has 0 unspecified atom stereocenters. The Morgan fingerprint density at radius 1 is 0.871 bits per heavy atom. The van der Waals surface area contributed by atoms with Gasteiger partial charge >= 0.3 is 5.69 Å². The largest absolute Gasteiger partial charge is 0.350 e. The molecule has 0 fully saturated rings. The number of unbranched alkanes of at least 4 members (excludes halogenated alkanes) is 15. The molecule has 7 heteroatoms. The van der Waals surface area contributed by atoms with E-state index in [4.69, 9.17) is 0 Å². The molecule has 1 N–H and O–H groups in total. The van der Waals surface area contributed by atoms with Gasteiger partial charge in [0.1, 0.15) is 6.20 Å². The molecule has 0 aliphatic heterocycles. The van der Waals surface area contributed by atoms with Crippen LogP contribution in [0.15, 0.2) is 6.20 Å². The quantitative estimate of drug-likeness (QED) is 0.138. The lowest BCUT2D eigenvalue weighted by atomic mass is 10.0. The highest BCUT2D eigenvalue weighted by Gasteiger charge is 2.24. The maximum absolute atomic E-state index is 12.2. The summed E-state index contributed by atoms with van der Waals surface area (Å²) in [6.45, 7) is 5.12. The number of hydrogen-bond acceptors (Lipinski definition) is 4. The summed E-state index contributed by atoms with van der Waals surface area (Å²) in [4.78, 5) is 22.7. The van der Waals surface area contributed by atoms with Crippen molar-refractivity contribution in [3.8, 4) is 0 Å². The van der Waals surface area contributed by atoms with E-state index < -0.39 is 10.8 Å². The van der Waals surface area contributed by atoms with Crippen molar-refractivity contribution < 1.29 is 9.72 Å². The highest BCUT2D eigenvalue weighted by atomic mass is 16.6. The number of aromatic nitrogens is 2. The number of nitrogens with zero attached hydrogens (tertiary/aromatic N) is 3. The van der Waals surface area contributed by atoms with E-state index in [0.717, 1.165) is 12.8 Å². The van der Waals surface area contributed by atoms with Gasteiger partial charge in [0, 0.05) is 13.1 Å². The molecule has 1 aromatic heterocycles. The molecular formula is C24H44N4O3. The molecule has 7 nitrogen and oxygen atoms in total. The summed E-state index contributed by atoms with van der Waals surface area (Å²) < 4.78 is 1.42. The minimum atomic E-state index is -0.553. The lowest BCUT2D eigenvalue weighted by Crippen LogP contribution is -2.25. The van der Waals surface area contributed by atoms with E-state index >= 15 is 0 Å². The zero-order valence-corrected chi connectivity index (χ0v) is 19.9. The van der Waals surface area contributed by atoms with E-state index in [1.54, 1.807) is 0 Å². The molecule has 0 spiro atoms. The molecule has 1 aromatic rings. The average Bonchev–Trinajstić information content (AvgIpc) is 3.21. The number of amides is 1. The standard InChI is InChI=1S/C24H44N4O3/c1-3-5-6-7-8-9-10-11-12-13-14-15-16-17-18-19-20-25-24(29)23-22(28(30)31)21-27(4-2)26-23/h21H,3-20H2,1-2H3,(H,25,29). The van der Waals surface area contributed by atoms with E-state index in [1.807, 2.05) is 6.92 Å². The van der Waals surface area contributed by atoms with Crippen molar-refractivity contribution in [3.05, 3.63) is 22.0 Å². The fourth-order valence-electron chi connectivity index (χ4n) is 3.83. The molecule has 0 atom stereocenters. The molecule has 0 saturated heterocycles. The summed E-state index contributed by atoms with van der Waals surface area (Å²) in [5, 5.41) is 17.8. The van der Waals surface area contributed by atoms with Crippen LogP contribution < -0.4 is 5.32 Å². The van der Waals surface area contributed by atoms with Crippen molar-refractivity contribution in [1.82, 2.24) is 15.1 Å². The SMILES string of the molecule is CCCCCCCCCCCCCCCCCCNC(=O)c1nn(CC)cc1[N+](=O)[O-]. The smallest absolute Gasteiger partial charge is 0.320 e. The Morgan fingerprint density at radius 3 is 1.74 bits per heavy atom. The Bertz CT molecular complexity index is 616. The van der Waals surface area contributed by atoms with E-state index in [-0.39, 0.29) is 11.4 Å². The molecule has 0 bridgehead atoms. The van der Waals surface area contributed by atoms with Crippen LogP contribution in [0.4, 0.5) is 5.69 Å². The molecule has 1 heterocycles. The third-order valence-corrected chi connectivity index (χ3v) is 5.79. The summed E-state index contributed by atoms with van der Waals surface area (Å²) in [5.74, 6) is -0.458. The van der Waals surface area contributed by atoms with Gasteiger partial charge in [-0.1, -0.05) is 103 Å². The van der Waals surface area contributed by atoms with Crippen LogP contribution >= 0.6 is 0 Å². The average molecular weight is 437 g/mol. The molecule has 0 aliphatic rings. The molecule has 0 aromatic carbocycles. The van der Waals surface area contributed by atoms with Crippen LogP contribution in [-0.4, -0.2) is 27.2 Å². The number of rotatable bonds is 20. The third-order valence-electron chi connectivity index (χ3n) is 5.79. The number of nitro groups is 1. The molecule has 31 heavy (non-hydrogen) atoms. The molecule has 1 rings (SSSR count). The number of aryl methyl sites for hydroxylation is 1. The first-order valence-corrected chi connectivity index (χ1v) is 12.6. The zero-order chi connectivity index (χ0) is 22.7. The van der Waals surface area contributed by atoms with Gasteiger partial charge in [-0.15, -0.1) is 0 Å². The number of carbonyl (C=O) groups excluding carboxylic acids is 1. The summed E-state index contributed by atoms with van der Waals surface area (Å²) in [5.41, 5.74) is -0.324. The van der Waals surface area contributed by atoms with Crippen LogP contribution in [0.3, 0.4) is 0 Å². The molecule has 178 valence electrons. The van der Waals surface area contributed by atoms with Gasteiger partial charge in [0.05, 0.1) is 4.92 Å². The second-order valence-electron chi connectivity index (χ2n) is 8.53. The monoisotopic (exact) mass is 436 g/mol. The van der Waals surface area contributed by atoms with Crippen LogP contribution in [0.1, 0.15) is 127 Å². The first-order chi connectivity index (χ1) is 15.1. The van der Waals surface area contributed by atoms with Gasteiger partial charge < -0.3 is 5.32 Å². The highest BCUT2D eigenvalue weighted by Crippen LogP contribution is 2.17. The molecule has 0 radical (unpaired) electrons. The van der Waals surface area contributed by atoms with Crippen LogP contribution in [0.25, 0.3) is 0 Å². The Balaban J connectivity index is 1.93. The Labute approximate surface area is 188 Å². The summed E-state index contributed by atoms with van der Waals surface area (Å²) >= 11 is 0. The summed E-state index contributed by atoms with van der Waals surface area (Å²) in [7, 11) is 0. The predicted molar refractivity (Wildman–Crippen MR) is 126 cm³/mol. The number of hydrogen-bond donors (Lipinski definition) is 1. The molecule has 0 aliphatic carbocycles. The minimum Gasteiger partial charge on any atom is -0.350 e. The Hall–Kier alpha value is -1.92. The second-order valence-corrected chi connectivity index (χ2v) is 8.53. The molecular weight excluding hydrogens is 392 g/mol. The first-order valence-electron chi connectivity index (χ1n) is 12.6. The predicted octanol–water partition coefficient (Wildman–Crippen LogP) is 6.80. The van der Waals surface area contributed by atoms with Crippen LogP contribution in [0, 0.1) is 10.1 Å². The Morgan fingerprint density at radius 2 is 1.32 bits per heavy atom. The molecule has 1 amide bonds. The molecule has 0 saturated carbocycles. The first kappa shape index (κ1) is 27.1. The maximum atomic E-state index is 12.2. The summed E-state index contributed by atoms with van der Waals surface area (Å²) in [6.07, 6.45) is 22.2. The topological polar surface area (TPSA) is 90.1 Å². The fraction of sp³-hybridized carbons (Fsp3) is 0.833. The van der Waals surface area contributed by atoms with Gasteiger partial charge in [-0.2, -0.15) is 5.10 Å². The van der Waals surface area contributed by atoms with Gasteiger partial charge in [-0.25, -0.2) is 0 Å². The second kappa shape index (κ2) is 17.7. The van der Waals surface area contributed by atoms with E-state index in [0.29, 0.717) is 13.1 Å². The minimum absolute atomic E-state index is 0.0941. The van der Waals surface area contributed by atoms with Crippen LogP contribution in [0.2, 0.25) is 0 Å². The van der Waals surface area contributed by atoms with Crippen molar-refractivity contribution in [3.63, 3.8) is 0 Å². The lowest BCUT2D eigenvalue weighted by Gasteiger charge is -2.04. The zero-order valence-electron chi connectivity index (χ0n) is 19.9. The fourth-order valence-corrected chi connectivity index (χ4v) is 3.83. The Kier molecular flexibility index (Phi) is 15.5. The number of nitrogens with one attached hydrogen (secondary N) is 1. The highest BCUT2D eigenvalue weighted by molar-refractivity contribution is 5.95. The maximum Gasteiger partial charge on any atom is 0.320 e. The van der Waals surface area contributed by atoms with Gasteiger partial charge in [0.25, 0.3) is 5.91 Å². The van der Waals surface area contributed by atoms with Gasteiger partial charge in [0.15, 0.2) is 0 Å². The van der Waals surface area contributed by atoms with Crippen molar-refractivity contribution in [2.45, 2.75) is 123 Å². The van der Waals surface area contributed by atoms with Crippen molar-refractivity contribution >= 4 is 11.6 Å². The van der Waals surface area contributed by atoms with Gasteiger partial charge in [-0.3, -0.25) is 19.6 Å².